The molecule has 0 spiro atoms. The zero-order chi connectivity index (χ0) is 21.2. The van der Waals surface area contributed by atoms with E-state index in [1.54, 1.807) is 12.0 Å². The number of carbonyl (C=O) groups excluding carboxylic acids is 1. The van der Waals surface area contributed by atoms with Gasteiger partial charge in [-0.1, -0.05) is 72.8 Å². The van der Waals surface area contributed by atoms with Crippen molar-refractivity contribution >= 4 is 34.3 Å². The van der Waals surface area contributed by atoms with Crippen molar-refractivity contribution in [3.63, 3.8) is 0 Å². The highest BCUT2D eigenvalue weighted by atomic mass is 16.5. The Balaban J connectivity index is 1.69. The molecule has 5 rings (SSSR count). The Hall–Kier alpha value is -4.18. The summed E-state index contributed by atoms with van der Waals surface area (Å²) in [7, 11) is 1.62. The van der Waals surface area contributed by atoms with Gasteiger partial charge in [-0.15, -0.1) is 0 Å². The van der Waals surface area contributed by atoms with Crippen molar-refractivity contribution < 1.29 is 9.53 Å². The van der Waals surface area contributed by atoms with Gasteiger partial charge in [0, 0.05) is 0 Å². The van der Waals surface area contributed by atoms with E-state index in [9.17, 15) is 4.79 Å². The van der Waals surface area contributed by atoms with Gasteiger partial charge in [0.25, 0.3) is 5.91 Å². The minimum absolute atomic E-state index is 0.167. The zero-order valence-corrected chi connectivity index (χ0v) is 17.0. The second kappa shape index (κ2) is 7.92. The number of amides is 1. The van der Waals surface area contributed by atoms with Crippen molar-refractivity contribution in [3.05, 3.63) is 114 Å². The fourth-order valence-electron chi connectivity index (χ4n) is 3.87. The summed E-state index contributed by atoms with van der Waals surface area (Å²) in [5, 5.41) is 2.20. The van der Waals surface area contributed by atoms with Crippen molar-refractivity contribution in [1.82, 2.24) is 0 Å². The summed E-state index contributed by atoms with van der Waals surface area (Å²) in [6, 6.07) is 31.4. The van der Waals surface area contributed by atoms with E-state index in [1.807, 2.05) is 84.9 Å². The smallest absolute Gasteiger partial charge is 0.282 e. The van der Waals surface area contributed by atoms with Crippen LogP contribution in [0.3, 0.4) is 0 Å². The molecule has 0 N–H and O–H groups in total. The van der Waals surface area contributed by atoms with Crippen LogP contribution in [0.1, 0.15) is 11.1 Å². The highest BCUT2D eigenvalue weighted by Gasteiger charge is 2.33. The van der Waals surface area contributed by atoms with Crippen LogP contribution in [0.4, 0.5) is 5.69 Å². The fourth-order valence-corrected chi connectivity index (χ4v) is 3.87. The maximum atomic E-state index is 13.5. The summed E-state index contributed by atoms with van der Waals surface area (Å²) < 4.78 is 5.55. The maximum absolute atomic E-state index is 13.5. The molecule has 0 aliphatic carbocycles. The Bertz CT molecular complexity index is 1330. The molecule has 0 atom stereocenters. The minimum Gasteiger partial charge on any atom is -0.496 e. The second-order valence-corrected chi connectivity index (χ2v) is 7.21. The van der Waals surface area contributed by atoms with Crippen LogP contribution in [0.25, 0.3) is 16.8 Å². The number of rotatable bonds is 4. The van der Waals surface area contributed by atoms with E-state index >= 15 is 0 Å². The predicted molar refractivity (Wildman–Crippen MR) is 125 cm³/mol. The molecule has 1 heterocycles. The maximum Gasteiger partial charge on any atom is 0.282 e. The van der Waals surface area contributed by atoms with Gasteiger partial charge in [0.15, 0.2) is 5.84 Å². The summed E-state index contributed by atoms with van der Waals surface area (Å²) in [6.45, 7) is 0. The molecular formula is C27H20N2O2. The first-order chi connectivity index (χ1) is 15.3. The average molecular weight is 404 g/mol. The molecule has 0 saturated carbocycles. The second-order valence-electron chi connectivity index (χ2n) is 7.21. The molecule has 1 aliphatic rings. The largest absolute Gasteiger partial charge is 0.496 e. The van der Waals surface area contributed by atoms with E-state index in [1.165, 1.54) is 0 Å². The lowest BCUT2D eigenvalue weighted by Crippen LogP contribution is -2.32. The van der Waals surface area contributed by atoms with Gasteiger partial charge in [0.2, 0.25) is 0 Å². The number of methoxy groups -OCH3 is 1. The number of ether oxygens (including phenoxy) is 1. The number of hydrogen-bond donors (Lipinski definition) is 0. The summed E-state index contributed by atoms with van der Waals surface area (Å²) >= 11 is 0. The number of aliphatic imine (C=N–C) groups is 1. The molecule has 150 valence electrons. The van der Waals surface area contributed by atoms with Crippen LogP contribution in [-0.4, -0.2) is 18.9 Å². The van der Waals surface area contributed by atoms with E-state index in [4.69, 9.17) is 9.73 Å². The van der Waals surface area contributed by atoms with Gasteiger partial charge in [-0.2, -0.15) is 0 Å². The highest BCUT2D eigenvalue weighted by molar-refractivity contribution is 6.33. The van der Waals surface area contributed by atoms with E-state index < -0.39 is 0 Å². The molecule has 31 heavy (non-hydrogen) atoms. The number of anilines is 1. The van der Waals surface area contributed by atoms with Crippen molar-refractivity contribution in [2.45, 2.75) is 0 Å². The number of hydrogen-bond acceptors (Lipinski definition) is 3. The van der Waals surface area contributed by atoms with Crippen molar-refractivity contribution in [3.8, 4) is 5.75 Å². The van der Waals surface area contributed by atoms with Crippen LogP contribution < -0.4 is 9.64 Å². The van der Waals surface area contributed by atoms with Crippen molar-refractivity contribution in [2.24, 2.45) is 4.99 Å². The number of benzene rings is 4. The lowest BCUT2D eigenvalue weighted by atomic mass is 10.0. The zero-order valence-electron chi connectivity index (χ0n) is 17.0. The summed E-state index contributed by atoms with van der Waals surface area (Å²) in [5.41, 5.74) is 2.88. The van der Waals surface area contributed by atoms with Gasteiger partial charge < -0.3 is 4.74 Å². The third-order valence-electron chi connectivity index (χ3n) is 5.34. The van der Waals surface area contributed by atoms with Gasteiger partial charge in [0.1, 0.15) is 11.4 Å². The van der Waals surface area contributed by atoms with Crippen LogP contribution in [-0.2, 0) is 4.79 Å². The molecule has 1 aliphatic heterocycles. The van der Waals surface area contributed by atoms with E-state index in [0.29, 0.717) is 17.3 Å². The first-order valence-electron chi connectivity index (χ1n) is 10.1. The van der Waals surface area contributed by atoms with Gasteiger partial charge in [-0.25, -0.2) is 4.99 Å². The van der Waals surface area contributed by atoms with Crippen molar-refractivity contribution in [2.75, 3.05) is 12.0 Å². The Labute approximate surface area is 180 Å². The molecule has 0 unspecified atom stereocenters. The third-order valence-corrected chi connectivity index (χ3v) is 5.34. The summed E-state index contributed by atoms with van der Waals surface area (Å²) in [5.74, 6) is 1.06. The Morgan fingerprint density at radius 1 is 0.806 bits per heavy atom. The first kappa shape index (κ1) is 18.8. The number of para-hydroxylation sites is 2. The van der Waals surface area contributed by atoms with E-state index in [-0.39, 0.29) is 5.91 Å². The molecule has 4 nitrogen and oxygen atoms in total. The first-order valence-corrected chi connectivity index (χ1v) is 10.1. The predicted octanol–water partition coefficient (Wildman–Crippen LogP) is 5.68. The summed E-state index contributed by atoms with van der Waals surface area (Å²) in [4.78, 5) is 20.0. The standard InChI is InChI=1S/C27H20N2O2/c1-31-25-17-8-7-16-23(25)26-28-24(27(30)29(26)21-13-3-2-4-14-21)18-20-12-9-11-19-10-5-6-15-22(19)20/h2-18H,1H3/b24-18+. The van der Waals surface area contributed by atoms with Crippen LogP contribution in [0.5, 0.6) is 5.75 Å². The van der Waals surface area contributed by atoms with Crippen LogP contribution >= 0.6 is 0 Å². The number of fused-ring (bicyclic) bond motifs is 1. The van der Waals surface area contributed by atoms with E-state index in [2.05, 4.69) is 18.2 Å². The van der Waals surface area contributed by atoms with Crippen LogP contribution in [0.15, 0.2) is 108 Å². The van der Waals surface area contributed by atoms with Gasteiger partial charge in [0.05, 0.1) is 18.4 Å². The Morgan fingerprint density at radius 3 is 2.35 bits per heavy atom. The quantitative estimate of drug-likeness (QED) is 0.411. The molecule has 0 saturated heterocycles. The molecule has 1 amide bonds. The lowest BCUT2D eigenvalue weighted by molar-refractivity contribution is -0.113. The molecule has 0 bridgehead atoms. The highest BCUT2D eigenvalue weighted by Crippen LogP contribution is 2.32. The van der Waals surface area contributed by atoms with Gasteiger partial charge in [-0.05, 0) is 46.7 Å². The molecule has 0 aromatic heterocycles. The molecule has 0 fully saturated rings. The molecule has 4 aromatic carbocycles. The average Bonchev–Trinajstić information content (AvgIpc) is 3.15. The van der Waals surface area contributed by atoms with Crippen molar-refractivity contribution in [1.29, 1.82) is 0 Å². The monoisotopic (exact) mass is 404 g/mol. The third kappa shape index (κ3) is 3.38. The van der Waals surface area contributed by atoms with Crippen LogP contribution in [0.2, 0.25) is 0 Å². The van der Waals surface area contributed by atoms with Gasteiger partial charge >= 0.3 is 0 Å². The molecular weight excluding hydrogens is 384 g/mol. The van der Waals surface area contributed by atoms with Gasteiger partial charge in [-0.3, -0.25) is 9.69 Å². The minimum atomic E-state index is -0.167. The van der Waals surface area contributed by atoms with E-state index in [0.717, 1.165) is 27.6 Å². The fraction of sp³-hybridized carbons (Fsp3) is 0.0370. The number of amidine groups is 1. The van der Waals surface area contributed by atoms with Crippen LogP contribution in [0, 0.1) is 0 Å². The Morgan fingerprint density at radius 2 is 1.52 bits per heavy atom. The molecule has 4 heteroatoms. The number of carbonyl (C=O) groups is 1. The normalized spacial score (nSPS) is 14.9. The molecule has 0 radical (unpaired) electrons. The Kier molecular flexibility index (Phi) is 4.81. The lowest BCUT2D eigenvalue weighted by Gasteiger charge is -2.19. The topological polar surface area (TPSA) is 41.9 Å². The SMILES string of the molecule is COc1ccccc1C1=N/C(=C/c2cccc3ccccc23)C(=O)N1c1ccccc1. The number of nitrogens with zero attached hydrogens (tertiary/aromatic N) is 2. The summed E-state index contributed by atoms with van der Waals surface area (Å²) in [6.07, 6.45) is 1.86. The molecule has 4 aromatic rings.